The first-order valence-electron chi connectivity index (χ1n) is 14.9. The third-order valence-electron chi connectivity index (χ3n) is 7.52. The summed E-state index contributed by atoms with van der Waals surface area (Å²) >= 11 is 18.8. The van der Waals surface area contributed by atoms with E-state index in [0.29, 0.717) is 38.4 Å². The number of amides is 2. The second-order valence-electron chi connectivity index (χ2n) is 10.9. The number of unbranched alkanes of at least 4 members (excludes halogenated alkanes) is 1. The van der Waals surface area contributed by atoms with Crippen molar-refractivity contribution >= 4 is 62.3 Å². The van der Waals surface area contributed by atoms with Crippen molar-refractivity contribution in [3.63, 3.8) is 0 Å². The number of rotatable bonds is 14. The number of para-hydroxylation sites is 1. The highest BCUT2D eigenvalue weighted by atomic mass is 35.5. The number of benzene rings is 4. The van der Waals surface area contributed by atoms with E-state index in [2.05, 4.69) is 5.32 Å². The van der Waals surface area contributed by atoms with Crippen molar-refractivity contribution in [2.75, 3.05) is 17.4 Å². The lowest BCUT2D eigenvalue weighted by molar-refractivity contribution is -0.140. The molecule has 4 aromatic rings. The first-order valence-corrected chi connectivity index (χ1v) is 17.5. The monoisotopic (exact) mass is 699 g/mol. The summed E-state index contributed by atoms with van der Waals surface area (Å²) in [7, 11) is -4.25. The first-order chi connectivity index (χ1) is 22.0. The average molecular weight is 701 g/mol. The molecule has 0 aliphatic rings. The third-order valence-corrected chi connectivity index (χ3v) is 10.1. The highest BCUT2D eigenvalue weighted by Crippen LogP contribution is 2.29. The Morgan fingerprint density at radius 3 is 2.15 bits per heavy atom. The number of carbonyl (C=O) groups excluding carboxylic acids is 2. The molecule has 0 unspecified atom stereocenters. The molecule has 0 radical (unpaired) electrons. The second-order valence-corrected chi connectivity index (χ2v) is 14.0. The lowest BCUT2D eigenvalue weighted by atomic mass is 10.0. The topological polar surface area (TPSA) is 86.8 Å². The number of sulfonamides is 1. The Balaban J connectivity index is 1.82. The van der Waals surface area contributed by atoms with Crippen molar-refractivity contribution in [2.24, 2.45) is 0 Å². The van der Waals surface area contributed by atoms with Gasteiger partial charge in [-0.3, -0.25) is 13.9 Å². The molecule has 11 heteroatoms. The van der Waals surface area contributed by atoms with Gasteiger partial charge in [-0.25, -0.2) is 8.42 Å². The molecule has 7 nitrogen and oxygen atoms in total. The van der Waals surface area contributed by atoms with Crippen LogP contribution in [0.2, 0.25) is 15.1 Å². The molecular weight excluding hydrogens is 665 g/mol. The zero-order valence-electron chi connectivity index (χ0n) is 25.6. The number of anilines is 1. The van der Waals surface area contributed by atoms with Gasteiger partial charge in [0.05, 0.1) is 10.6 Å². The molecule has 46 heavy (non-hydrogen) atoms. The molecule has 2 amide bonds. The van der Waals surface area contributed by atoms with Crippen molar-refractivity contribution in [1.82, 2.24) is 10.2 Å². The molecule has 1 N–H and O–H groups in total. The maximum atomic E-state index is 14.6. The van der Waals surface area contributed by atoms with E-state index in [1.165, 1.54) is 29.2 Å². The van der Waals surface area contributed by atoms with Crippen LogP contribution in [0.25, 0.3) is 0 Å². The number of hydrogen-bond acceptors (Lipinski definition) is 4. The van der Waals surface area contributed by atoms with Crippen LogP contribution in [0.1, 0.15) is 36.5 Å². The molecule has 0 aromatic heterocycles. The van der Waals surface area contributed by atoms with Crippen LogP contribution >= 0.6 is 34.8 Å². The minimum atomic E-state index is -4.25. The van der Waals surface area contributed by atoms with Crippen molar-refractivity contribution in [1.29, 1.82) is 0 Å². The smallest absolute Gasteiger partial charge is 0.264 e. The van der Waals surface area contributed by atoms with Crippen molar-refractivity contribution in [3.05, 3.63) is 129 Å². The van der Waals surface area contributed by atoms with E-state index < -0.39 is 28.5 Å². The number of hydrogen-bond donors (Lipinski definition) is 1. The van der Waals surface area contributed by atoms with Crippen LogP contribution in [-0.4, -0.2) is 44.3 Å². The fourth-order valence-electron chi connectivity index (χ4n) is 4.98. The Hall–Kier alpha value is -3.56. The Bertz CT molecular complexity index is 1750. The number of nitrogens with one attached hydrogen (secondary N) is 1. The first kappa shape index (κ1) is 35.3. The predicted octanol–water partition coefficient (Wildman–Crippen LogP) is 7.71. The zero-order valence-corrected chi connectivity index (χ0v) is 28.7. The fourth-order valence-corrected chi connectivity index (χ4v) is 7.06. The Morgan fingerprint density at radius 1 is 0.848 bits per heavy atom. The van der Waals surface area contributed by atoms with Gasteiger partial charge in [-0.2, -0.15) is 0 Å². The summed E-state index contributed by atoms with van der Waals surface area (Å²) in [6.07, 6.45) is 1.84. The molecule has 1 atom stereocenters. The average Bonchev–Trinajstić information content (AvgIpc) is 3.03. The third kappa shape index (κ3) is 9.04. The van der Waals surface area contributed by atoms with Gasteiger partial charge in [0.25, 0.3) is 10.0 Å². The molecule has 0 heterocycles. The molecule has 0 aliphatic carbocycles. The SMILES string of the molecule is CCCCNC(=O)[C@@H](Cc1ccccc1)N(Cc1ccc(Cl)cc1Cl)C(=O)CN(c1ccccc1C)S(=O)(=O)c1ccc(Cl)cc1. The largest absolute Gasteiger partial charge is 0.354 e. The van der Waals surface area contributed by atoms with Gasteiger partial charge < -0.3 is 10.2 Å². The van der Waals surface area contributed by atoms with E-state index in [0.717, 1.165) is 22.7 Å². The lowest BCUT2D eigenvalue weighted by Crippen LogP contribution is -2.53. The number of halogens is 3. The van der Waals surface area contributed by atoms with Gasteiger partial charge >= 0.3 is 0 Å². The summed E-state index contributed by atoms with van der Waals surface area (Å²) in [5.74, 6) is -0.933. The van der Waals surface area contributed by atoms with Gasteiger partial charge in [0, 0.05) is 34.6 Å². The minimum absolute atomic E-state index is 0.0293. The minimum Gasteiger partial charge on any atom is -0.354 e. The van der Waals surface area contributed by atoms with Crippen LogP contribution in [-0.2, 0) is 32.6 Å². The maximum Gasteiger partial charge on any atom is 0.264 e. The molecule has 0 saturated carbocycles. The van der Waals surface area contributed by atoms with Crippen molar-refractivity contribution < 1.29 is 18.0 Å². The molecule has 0 aliphatic heterocycles. The van der Waals surface area contributed by atoms with E-state index in [4.69, 9.17) is 34.8 Å². The summed E-state index contributed by atoms with van der Waals surface area (Å²) < 4.78 is 29.4. The van der Waals surface area contributed by atoms with Crippen LogP contribution < -0.4 is 9.62 Å². The van der Waals surface area contributed by atoms with Crippen LogP contribution in [0.15, 0.2) is 102 Å². The van der Waals surface area contributed by atoms with E-state index in [1.807, 2.05) is 37.3 Å². The summed E-state index contributed by atoms with van der Waals surface area (Å²) in [6, 6.07) is 26.0. The van der Waals surface area contributed by atoms with Gasteiger partial charge in [0.2, 0.25) is 11.8 Å². The van der Waals surface area contributed by atoms with E-state index in [1.54, 1.807) is 49.4 Å². The van der Waals surface area contributed by atoms with Crippen LogP contribution in [0.5, 0.6) is 0 Å². The molecule has 4 aromatic carbocycles. The van der Waals surface area contributed by atoms with Gasteiger partial charge in [-0.05, 0) is 72.5 Å². The fraction of sp³-hybridized carbons (Fsp3) is 0.257. The van der Waals surface area contributed by atoms with Gasteiger partial charge in [0.1, 0.15) is 12.6 Å². The normalized spacial score (nSPS) is 11.9. The number of carbonyl (C=O) groups is 2. The Kier molecular flexibility index (Phi) is 12.5. The molecule has 242 valence electrons. The maximum absolute atomic E-state index is 14.6. The lowest BCUT2D eigenvalue weighted by Gasteiger charge is -2.34. The van der Waals surface area contributed by atoms with Crippen LogP contribution in [0.4, 0.5) is 5.69 Å². The van der Waals surface area contributed by atoms with Crippen LogP contribution in [0, 0.1) is 6.92 Å². The van der Waals surface area contributed by atoms with Gasteiger partial charge in [-0.15, -0.1) is 0 Å². The molecule has 0 spiro atoms. The van der Waals surface area contributed by atoms with E-state index >= 15 is 0 Å². The predicted molar refractivity (Wildman–Crippen MR) is 186 cm³/mol. The molecular formula is C35H36Cl3N3O4S. The van der Waals surface area contributed by atoms with Gasteiger partial charge in [-0.1, -0.05) is 103 Å². The summed E-state index contributed by atoms with van der Waals surface area (Å²) in [5, 5.41) is 4.09. The summed E-state index contributed by atoms with van der Waals surface area (Å²) in [4.78, 5) is 29.8. The Labute approximate surface area is 286 Å². The molecule has 0 fully saturated rings. The number of nitrogens with zero attached hydrogens (tertiary/aromatic N) is 2. The standard InChI is InChI=1S/C35H36Cl3N3O4S/c1-3-4-20-39-35(43)33(21-26-11-6-5-7-12-26)40(23-27-14-15-29(37)22-31(27)38)34(42)24-41(32-13-9-8-10-25(32)2)46(44,45)30-18-16-28(36)17-19-30/h5-19,22,33H,3-4,20-21,23-24H2,1-2H3,(H,39,43)/t33-/m1/s1. The van der Waals surface area contributed by atoms with Crippen molar-refractivity contribution in [2.45, 2.75) is 50.6 Å². The van der Waals surface area contributed by atoms with Crippen molar-refractivity contribution in [3.8, 4) is 0 Å². The highest BCUT2D eigenvalue weighted by molar-refractivity contribution is 7.92. The summed E-state index contributed by atoms with van der Waals surface area (Å²) in [5.41, 5.74) is 2.38. The molecule has 0 bridgehead atoms. The summed E-state index contributed by atoms with van der Waals surface area (Å²) in [6.45, 7) is 3.59. The quantitative estimate of drug-likeness (QED) is 0.137. The number of aryl methyl sites for hydroxylation is 1. The Morgan fingerprint density at radius 2 is 1.50 bits per heavy atom. The molecule has 0 saturated heterocycles. The van der Waals surface area contributed by atoms with Crippen LogP contribution in [0.3, 0.4) is 0 Å². The van der Waals surface area contributed by atoms with E-state index in [9.17, 15) is 18.0 Å². The van der Waals surface area contributed by atoms with Gasteiger partial charge in [0.15, 0.2) is 0 Å². The zero-order chi connectivity index (χ0) is 33.3. The highest BCUT2D eigenvalue weighted by Gasteiger charge is 2.35. The second kappa shape index (κ2) is 16.3. The molecule has 4 rings (SSSR count). The van der Waals surface area contributed by atoms with E-state index in [-0.39, 0.29) is 23.8 Å².